The van der Waals surface area contributed by atoms with Gasteiger partial charge in [-0.15, -0.1) is 23.1 Å². The molecule has 25 heavy (non-hydrogen) atoms. The van der Waals surface area contributed by atoms with E-state index in [0.29, 0.717) is 0 Å². The Labute approximate surface area is 158 Å². The number of likely N-dealkylation sites (tertiary alicyclic amines) is 1. The average molecular weight is 376 g/mol. The minimum absolute atomic E-state index is 0.174. The van der Waals surface area contributed by atoms with Crippen molar-refractivity contribution in [2.75, 3.05) is 26.7 Å². The van der Waals surface area contributed by atoms with Crippen LogP contribution in [0.2, 0.25) is 0 Å². The zero-order valence-corrected chi connectivity index (χ0v) is 16.2. The SMILES string of the molecule is CNCCC1CCN(C(=O)c2ccccc2SCc2cscn2)CC1. The van der Waals surface area contributed by atoms with Gasteiger partial charge in [0, 0.05) is 29.1 Å². The van der Waals surface area contributed by atoms with Gasteiger partial charge in [0.1, 0.15) is 0 Å². The van der Waals surface area contributed by atoms with Crippen LogP contribution in [-0.2, 0) is 5.75 Å². The summed E-state index contributed by atoms with van der Waals surface area (Å²) in [4.78, 5) is 20.4. The molecule has 1 aliphatic rings. The van der Waals surface area contributed by atoms with Crippen LogP contribution in [0, 0.1) is 5.92 Å². The lowest BCUT2D eigenvalue weighted by molar-refractivity contribution is 0.0683. The second-order valence-corrected chi connectivity index (χ2v) is 8.13. The second-order valence-electron chi connectivity index (χ2n) is 6.39. The predicted molar refractivity (Wildman–Crippen MR) is 105 cm³/mol. The number of carbonyl (C=O) groups excluding carboxylic acids is 1. The van der Waals surface area contributed by atoms with Crippen molar-refractivity contribution in [1.29, 1.82) is 0 Å². The molecule has 1 aliphatic heterocycles. The molecule has 0 unspecified atom stereocenters. The molecule has 1 aromatic heterocycles. The molecule has 1 fully saturated rings. The highest BCUT2D eigenvalue weighted by molar-refractivity contribution is 7.98. The summed E-state index contributed by atoms with van der Waals surface area (Å²) in [5.41, 5.74) is 3.75. The lowest BCUT2D eigenvalue weighted by atomic mass is 9.93. The maximum absolute atomic E-state index is 13.0. The molecule has 4 nitrogen and oxygen atoms in total. The molecule has 0 aliphatic carbocycles. The van der Waals surface area contributed by atoms with Crippen LogP contribution in [0.4, 0.5) is 0 Å². The lowest BCUT2D eigenvalue weighted by Gasteiger charge is -2.32. The van der Waals surface area contributed by atoms with Crippen LogP contribution in [0.1, 0.15) is 35.3 Å². The number of thiazole rings is 1. The first kappa shape index (κ1) is 18.4. The lowest BCUT2D eigenvalue weighted by Crippen LogP contribution is -2.39. The van der Waals surface area contributed by atoms with Gasteiger partial charge in [-0.25, -0.2) is 4.98 Å². The fourth-order valence-electron chi connectivity index (χ4n) is 3.17. The molecule has 3 rings (SSSR count). The molecule has 0 atom stereocenters. The van der Waals surface area contributed by atoms with Gasteiger partial charge in [0.15, 0.2) is 0 Å². The van der Waals surface area contributed by atoms with Crippen LogP contribution in [-0.4, -0.2) is 42.5 Å². The molecule has 0 saturated carbocycles. The molecule has 0 bridgehead atoms. The van der Waals surface area contributed by atoms with E-state index in [2.05, 4.69) is 15.7 Å². The molecule has 2 heterocycles. The van der Waals surface area contributed by atoms with Crippen molar-refractivity contribution in [3.05, 3.63) is 46.4 Å². The van der Waals surface area contributed by atoms with E-state index in [0.717, 1.165) is 60.3 Å². The largest absolute Gasteiger partial charge is 0.339 e. The molecule has 134 valence electrons. The zero-order valence-electron chi connectivity index (χ0n) is 14.6. The van der Waals surface area contributed by atoms with Crippen molar-refractivity contribution in [1.82, 2.24) is 15.2 Å². The number of amides is 1. The molecular formula is C19H25N3OS2. The smallest absolute Gasteiger partial charge is 0.254 e. The van der Waals surface area contributed by atoms with Crippen LogP contribution in [0.15, 0.2) is 40.1 Å². The highest BCUT2D eigenvalue weighted by Crippen LogP contribution is 2.28. The number of piperidine rings is 1. The van der Waals surface area contributed by atoms with E-state index in [1.807, 2.05) is 41.7 Å². The van der Waals surface area contributed by atoms with E-state index in [1.54, 1.807) is 23.1 Å². The summed E-state index contributed by atoms with van der Waals surface area (Å²) in [6, 6.07) is 7.96. The van der Waals surface area contributed by atoms with E-state index >= 15 is 0 Å². The van der Waals surface area contributed by atoms with Gasteiger partial charge in [0.05, 0.1) is 16.8 Å². The number of nitrogens with zero attached hydrogens (tertiary/aromatic N) is 2. The first-order valence-electron chi connectivity index (χ1n) is 8.80. The van der Waals surface area contributed by atoms with Crippen molar-refractivity contribution in [2.45, 2.75) is 29.9 Å². The van der Waals surface area contributed by atoms with Gasteiger partial charge in [-0.1, -0.05) is 12.1 Å². The molecule has 1 amide bonds. The quantitative estimate of drug-likeness (QED) is 0.746. The minimum atomic E-state index is 0.174. The van der Waals surface area contributed by atoms with Crippen LogP contribution in [0.5, 0.6) is 0 Å². The van der Waals surface area contributed by atoms with Gasteiger partial charge in [-0.2, -0.15) is 0 Å². The molecule has 2 aromatic rings. The molecule has 0 radical (unpaired) electrons. The van der Waals surface area contributed by atoms with E-state index in [1.165, 1.54) is 6.42 Å². The Kier molecular flexibility index (Phi) is 6.90. The van der Waals surface area contributed by atoms with Crippen molar-refractivity contribution >= 4 is 29.0 Å². The Hall–Kier alpha value is -1.37. The number of aromatic nitrogens is 1. The molecule has 1 saturated heterocycles. The maximum atomic E-state index is 13.0. The van der Waals surface area contributed by atoms with Crippen LogP contribution < -0.4 is 5.32 Å². The summed E-state index contributed by atoms with van der Waals surface area (Å²) in [6.45, 7) is 2.81. The molecule has 0 spiro atoms. The second kappa shape index (κ2) is 9.36. The van der Waals surface area contributed by atoms with E-state index in [9.17, 15) is 4.79 Å². The summed E-state index contributed by atoms with van der Waals surface area (Å²) in [7, 11) is 2.00. The first-order valence-corrected chi connectivity index (χ1v) is 10.7. The topological polar surface area (TPSA) is 45.2 Å². The molecule has 6 heteroatoms. The highest BCUT2D eigenvalue weighted by atomic mass is 32.2. The van der Waals surface area contributed by atoms with E-state index < -0.39 is 0 Å². The Balaban J connectivity index is 1.60. The standard InChI is InChI=1S/C19H25N3OS2/c1-20-9-6-15-7-10-22(11-8-15)19(23)17-4-2-3-5-18(17)25-13-16-12-24-14-21-16/h2-5,12,14-15,20H,6-11,13H2,1H3. The van der Waals surface area contributed by atoms with Crippen molar-refractivity contribution in [3.8, 4) is 0 Å². The van der Waals surface area contributed by atoms with Crippen LogP contribution in [0.3, 0.4) is 0 Å². The summed E-state index contributed by atoms with van der Waals surface area (Å²) in [6.07, 6.45) is 3.43. The average Bonchev–Trinajstić information content (AvgIpc) is 3.18. The number of thioether (sulfide) groups is 1. The third-order valence-electron chi connectivity index (χ3n) is 4.68. The fraction of sp³-hybridized carbons (Fsp3) is 0.474. The number of rotatable bonds is 7. The summed E-state index contributed by atoms with van der Waals surface area (Å²) >= 11 is 3.31. The van der Waals surface area contributed by atoms with E-state index in [-0.39, 0.29) is 5.91 Å². The summed E-state index contributed by atoms with van der Waals surface area (Å²) in [5.74, 6) is 1.72. The zero-order chi connectivity index (χ0) is 17.5. The van der Waals surface area contributed by atoms with Crippen molar-refractivity contribution in [2.24, 2.45) is 5.92 Å². The van der Waals surface area contributed by atoms with Gasteiger partial charge < -0.3 is 10.2 Å². The maximum Gasteiger partial charge on any atom is 0.254 e. The third-order valence-corrected chi connectivity index (χ3v) is 6.42. The monoisotopic (exact) mass is 375 g/mol. The van der Waals surface area contributed by atoms with Crippen molar-refractivity contribution in [3.63, 3.8) is 0 Å². The first-order chi connectivity index (χ1) is 12.3. The van der Waals surface area contributed by atoms with Gasteiger partial charge in [0.25, 0.3) is 5.91 Å². The fourth-order valence-corrected chi connectivity index (χ4v) is 4.78. The van der Waals surface area contributed by atoms with Crippen LogP contribution in [0.25, 0.3) is 0 Å². The molecular weight excluding hydrogens is 350 g/mol. The number of benzene rings is 1. The van der Waals surface area contributed by atoms with Crippen LogP contribution >= 0.6 is 23.1 Å². The summed E-state index contributed by atoms with van der Waals surface area (Å²) < 4.78 is 0. The summed E-state index contributed by atoms with van der Waals surface area (Å²) in [5, 5.41) is 5.28. The third kappa shape index (κ3) is 5.06. The number of carbonyl (C=O) groups is 1. The highest BCUT2D eigenvalue weighted by Gasteiger charge is 2.24. The Morgan fingerprint density at radius 3 is 2.88 bits per heavy atom. The normalized spacial score (nSPS) is 15.5. The van der Waals surface area contributed by atoms with Gasteiger partial charge in [-0.3, -0.25) is 4.79 Å². The Morgan fingerprint density at radius 2 is 2.16 bits per heavy atom. The Morgan fingerprint density at radius 1 is 1.36 bits per heavy atom. The van der Waals surface area contributed by atoms with Gasteiger partial charge >= 0.3 is 0 Å². The van der Waals surface area contributed by atoms with Gasteiger partial charge in [-0.05, 0) is 50.9 Å². The molecule has 1 aromatic carbocycles. The van der Waals surface area contributed by atoms with E-state index in [4.69, 9.17) is 0 Å². The predicted octanol–water partition coefficient (Wildman–Crippen LogP) is 3.90. The van der Waals surface area contributed by atoms with Crippen molar-refractivity contribution < 1.29 is 4.79 Å². The molecule has 1 N–H and O–H groups in total. The number of nitrogens with one attached hydrogen (secondary N) is 1. The Bertz CT molecular complexity index is 667. The van der Waals surface area contributed by atoms with Gasteiger partial charge in [0.2, 0.25) is 0 Å². The number of hydrogen-bond acceptors (Lipinski definition) is 5. The minimum Gasteiger partial charge on any atom is -0.339 e. The number of hydrogen-bond donors (Lipinski definition) is 1.